The molecule has 2 rings (SSSR count). The fraction of sp³-hybridized carbons (Fsp3) is 0.636. The third kappa shape index (κ3) is 1.78. The summed E-state index contributed by atoms with van der Waals surface area (Å²) in [5.74, 6) is 0.963. The van der Waals surface area contributed by atoms with E-state index in [1.165, 1.54) is 24.6 Å². The molecule has 1 aromatic heterocycles. The van der Waals surface area contributed by atoms with Crippen molar-refractivity contribution in [2.24, 2.45) is 0 Å². The molecule has 0 spiro atoms. The molecule has 0 aromatic carbocycles. The highest BCUT2D eigenvalue weighted by molar-refractivity contribution is 6.83. The Hall–Kier alpha value is -0.903. The topological polar surface area (TPSA) is 29.0 Å². The number of nitrogens with zero attached hydrogens (tertiary/aromatic N) is 3. The van der Waals surface area contributed by atoms with Gasteiger partial charge in [0.25, 0.3) is 0 Å². The SMILES string of the molecule is CC[Si]1(CC)CCCN1c1ncccn1. The highest BCUT2D eigenvalue weighted by Gasteiger charge is 2.41. The zero-order valence-electron chi connectivity index (χ0n) is 9.61. The van der Waals surface area contributed by atoms with E-state index >= 15 is 0 Å². The van der Waals surface area contributed by atoms with E-state index in [2.05, 4.69) is 28.4 Å². The standard InChI is InChI=1S/C11H19N3Si/c1-3-15(4-2)10-6-9-14(15)11-12-7-5-8-13-11/h5,7-8H,3-4,6,9-10H2,1-2H3. The van der Waals surface area contributed by atoms with Gasteiger partial charge in [-0.15, -0.1) is 0 Å². The largest absolute Gasteiger partial charge is 0.367 e. The summed E-state index contributed by atoms with van der Waals surface area (Å²) in [7, 11) is -1.24. The lowest BCUT2D eigenvalue weighted by atomic mass is 10.5. The third-order valence-electron chi connectivity index (χ3n) is 3.71. The van der Waals surface area contributed by atoms with Crippen molar-refractivity contribution < 1.29 is 0 Å². The van der Waals surface area contributed by atoms with Crippen molar-refractivity contribution in [2.45, 2.75) is 38.4 Å². The summed E-state index contributed by atoms with van der Waals surface area (Å²) in [6.07, 6.45) is 5.03. The van der Waals surface area contributed by atoms with Gasteiger partial charge in [0.15, 0.2) is 8.24 Å². The molecule has 0 N–H and O–H groups in total. The summed E-state index contributed by atoms with van der Waals surface area (Å²) in [6, 6.07) is 5.95. The molecule has 1 aliphatic rings. The van der Waals surface area contributed by atoms with Crippen molar-refractivity contribution in [3.05, 3.63) is 18.5 Å². The van der Waals surface area contributed by atoms with Crippen LogP contribution in [0.1, 0.15) is 20.3 Å². The van der Waals surface area contributed by atoms with Crippen LogP contribution in [-0.4, -0.2) is 24.7 Å². The van der Waals surface area contributed by atoms with Gasteiger partial charge in [-0.25, -0.2) is 9.97 Å². The highest BCUT2D eigenvalue weighted by Crippen LogP contribution is 2.34. The van der Waals surface area contributed by atoms with Crippen LogP contribution in [0.3, 0.4) is 0 Å². The Morgan fingerprint density at radius 1 is 1.27 bits per heavy atom. The van der Waals surface area contributed by atoms with Crippen LogP contribution in [0.2, 0.25) is 18.1 Å². The Kier molecular flexibility index (Phi) is 3.05. The fourth-order valence-electron chi connectivity index (χ4n) is 2.67. The van der Waals surface area contributed by atoms with Crippen LogP contribution in [0.25, 0.3) is 0 Å². The molecule has 1 saturated heterocycles. The van der Waals surface area contributed by atoms with Gasteiger partial charge in [-0.05, 0) is 30.6 Å². The molecule has 2 heterocycles. The highest BCUT2D eigenvalue weighted by atomic mass is 28.3. The number of aromatic nitrogens is 2. The van der Waals surface area contributed by atoms with Crippen LogP contribution < -0.4 is 4.57 Å². The molecular formula is C11H19N3Si. The first kappa shape index (κ1) is 10.6. The van der Waals surface area contributed by atoms with Crippen molar-refractivity contribution in [3.8, 4) is 0 Å². The summed E-state index contributed by atoms with van der Waals surface area (Å²) in [5.41, 5.74) is 0. The smallest absolute Gasteiger partial charge is 0.217 e. The molecule has 0 bridgehead atoms. The van der Waals surface area contributed by atoms with E-state index < -0.39 is 8.24 Å². The number of anilines is 1. The molecule has 0 saturated carbocycles. The zero-order valence-corrected chi connectivity index (χ0v) is 10.6. The van der Waals surface area contributed by atoms with Crippen molar-refractivity contribution >= 4 is 14.2 Å². The van der Waals surface area contributed by atoms with Crippen LogP contribution in [0.4, 0.5) is 5.95 Å². The molecule has 4 heteroatoms. The van der Waals surface area contributed by atoms with Crippen molar-refractivity contribution in [3.63, 3.8) is 0 Å². The molecule has 0 radical (unpaired) electrons. The first-order valence-electron chi connectivity index (χ1n) is 5.87. The van der Waals surface area contributed by atoms with Crippen LogP contribution in [-0.2, 0) is 0 Å². The van der Waals surface area contributed by atoms with E-state index in [-0.39, 0.29) is 0 Å². The maximum absolute atomic E-state index is 4.40. The first-order valence-corrected chi connectivity index (χ1v) is 8.44. The van der Waals surface area contributed by atoms with Crippen LogP contribution in [0, 0.1) is 0 Å². The molecular weight excluding hydrogens is 202 g/mol. The van der Waals surface area contributed by atoms with E-state index in [1.807, 2.05) is 18.5 Å². The van der Waals surface area contributed by atoms with Gasteiger partial charge in [0.2, 0.25) is 5.95 Å². The lowest BCUT2D eigenvalue weighted by molar-refractivity contribution is 0.937. The van der Waals surface area contributed by atoms with E-state index in [4.69, 9.17) is 0 Å². The molecule has 1 fully saturated rings. The molecule has 1 aliphatic heterocycles. The minimum atomic E-state index is -1.24. The van der Waals surface area contributed by atoms with E-state index in [0.29, 0.717) is 0 Å². The summed E-state index contributed by atoms with van der Waals surface area (Å²) in [5, 5.41) is 0. The van der Waals surface area contributed by atoms with Gasteiger partial charge in [-0.3, -0.25) is 0 Å². The fourth-order valence-corrected chi connectivity index (χ4v) is 6.90. The minimum absolute atomic E-state index is 0.963. The third-order valence-corrected chi connectivity index (χ3v) is 9.19. The summed E-state index contributed by atoms with van der Waals surface area (Å²) >= 11 is 0. The average Bonchev–Trinajstić information content (AvgIpc) is 2.74. The normalized spacial score (nSPS) is 19.5. The molecule has 0 unspecified atom stereocenters. The number of hydrogen-bond donors (Lipinski definition) is 0. The molecule has 82 valence electrons. The van der Waals surface area contributed by atoms with Crippen molar-refractivity contribution in [1.82, 2.24) is 9.97 Å². The van der Waals surface area contributed by atoms with Crippen molar-refractivity contribution in [2.75, 3.05) is 11.1 Å². The van der Waals surface area contributed by atoms with Gasteiger partial charge in [-0.2, -0.15) is 0 Å². The molecule has 3 nitrogen and oxygen atoms in total. The van der Waals surface area contributed by atoms with Gasteiger partial charge < -0.3 is 4.57 Å². The second-order valence-corrected chi connectivity index (χ2v) is 9.14. The number of rotatable bonds is 3. The average molecular weight is 221 g/mol. The summed E-state index contributed by atoms with van der Waals surface area (Å²) in [6.45, 7) is 5.83. The van der Waals surface area contributed by atoms with E-state index in [1.54, 1.807) is 0 Å². The first-order chi connectivity index (χ1) is 7.32. The molecule has 1 aromatic rings. The molecule has 0 atom stereocenters. The van der Waals surface area contributed by atoms with Crippen LogP contribution in [0.15, 0.2) is 18.5 Å². The molecule has 0 amide bonds. The molecule has 0 aliphatic carbocycles. The van der Waals surface area contributed by atoms with E-state index in [9.17, 15) is 0 Å². The minimum Gasteiger partial charge on any atom is -0.367 e. The Morgan fingerprint density at radius 3 is 2.53 bits per heavy atom. The zero-order chi connectivity index (χ0) is 10.7. The second kappa shape index (κ2) is 4.31. The van der Waals surface area contributed by atoms with Gasteiger partial charge in [-0.1, -0.05) is 13.8 Å². The lowest BCUT2D eigenvalue weighted by Crippen LogP contribution is -2.48. The van der Waals surface area contributed by atoms with Crippen molar-refractivity contribution in [1.29, 1.82) is 0 Å². The Morgan fingerprint density at radius 2 is 1.93 bits per heavy atom. The summed E-state index contributed by atoms with van der Waals surface area (Å²) in [4.78, 5) is 8.80. The summed E-state index contributed by atoms with van der Waals surface area (Å²) < 4.78 is 2.53. The maximum atomic E-state index is 4.40. The predicted octanol–water partition coefficient (Wildman–Crippen LogP) is 2.67. The van der Waals surface area contributed by atoms with E-state index in [0.717, 1.165) is 12.5 Å². The van der Waals surface area contributed by atoms with Gasteiger partial charge >= 0.3 is 0 Å². The van der Waals surface area contributed by atoms with Crippen LogP contribution in [0.5, 0.6) is 0 Å². The predicted molar refractivity (Wildman–Crippen MR) is 65.5 cm³/mol. The second-order valence-electron chi connectivity index (χ2n) is 4.24. The number of hydrogen-bond acceptors (Lipinski definition) is 3. The van der Waals surface area contributed by atoms with Gasteiger partial charge in [0.05, 0.1) is 0 Å². The monoisotopic (exact) mass is 221 g/mol. The Labute approximate surface area is 92.6 Å². The quantitative estimate of drug-likeness (QED) is 0.735. The Balaban J connectivity index is 2.29. The molecule has 15 heavy (non-hydrogen) atoms. The maximum Gasteiger partial charge on any atom is 0.217 e. The lowest BCUT2D eigenvalue weighted by Gasteiger charge is -2.34. The van der Waals surface area contributed by atoms with Crippen LogP contribution >= 0.6 is 0 Å². The van der Waals surface area contributed by atoms with Gasteiger partial charge in [0.1, 0.15) is 0 Å². The Bertz CT molecular complexity index is 311. The van der Waals surface area contributed by atoms with Gasteiger partial charge in [0, 0.05) is 18.9 Å².